The lowest BCUT2D eigenvalue weighted by Crippen LogP contribution is -2.43. The molecule has 1 aliphatic heterocycles. The number of anilines is 1. The number of nitrogens with zero attached hydrogens (tertiary/aromatic N) is 1. The van der Waals surface area contributed by atoms with E-state index >= 15 is 0 Å². The molecule has 0 unspecified atom stereocenters. The second-order valence-corrected chi connectivity index (χ2v) is 10.2. The van der Waals surface area contributed by atoms with E-state index in [1.165, 1.54) is 29.6 Å². The van der Waals surface area contributed by atoms with Gasteiger partial charge in [0.15, 0.2) is 0 Å². The van der Waals surface area contributed by atoms with E-state index in [1.807, 2.05) is 19.9 Å². The first-order chi connectivity index (χ1) is 14.6. The van der Waals surface area contributed by atoms with E-state index in [0.29, 0.717) is 25.1 Å². The van der Waals surface area contributed by atoms with Crippen LogP contribution in [0.3, 0.4) is 0 Å². The average molecular weight is 469 g/mol. The first-order valence-electron chi connectivity index (χ1n) is 10.1. The number of piperidine rings is 1. The Morgan fingerprint density at radius 1 is 1.26 bits per heavy atom. The highest BCUT2D eigenvalue weighted by atomic mass is 35.5. The summed E-state index contributed by atoms with van der Waals surface area (Å²) >= 11 is 5.77. The van der Waals surface area contributed by atoms with Crippen LogP contribution in [0.15, 0.2) is 41.3 Å². The molecule has 1 amide bonds. The summed E-state index contributed by atoms with van der Waals surface area (Å²) in [5.41, 5.74) is 1.25. The number of hydrogen-bond donors (Lipinski definition) is 1. The van der Waals surface area contributed by atoms with Gasteiger partial charge in [-0.3, -0.25) is 4.79 Å². The summed E-state index contributed by atoms with van der Waals surface area (Å²) in [7, 11) is -2.42. The highest BCUT2D eigenvalue weighted by molar-refractivity contribution is 7.89. The lowest BCUT2D eigenvalue weighted by Gasteiger charge is -2.31. The van der Waals surface area contributed by atoms with Crippen molar-refractivity contribution in [1.29, 1.82) is 0 Å². The molecule has 0 radical (unpaired) electrons. The zero-order valence-electron chi connectivity index (χ0n) is 17.7. The number of halogens is 2. The predicted octanol–water partition coefficient (Wildman–Crippen LogP) is 4.65. The third-order valence-corrected chi connectivity index (χ3v) is 7.59. The molecule has 3 rings (SSSR count). The van der Waals surface area contributed by atoms with Crippen molar-refractivity contribution in [1.82, 2.24) is 4.31 Å². The summed E-state index contributed by atoms with van der Waals surface area (Å²) in [5, 5.41) is 2.61. The summed E-state index contributed by atoms with van der Waals surface area (Å²) in [5.74, 6) is -1.01. The van der Waals surface area contributed by atoms with Gasteiger partial charge in [0.2, 0.25) is 15.9 Å². The fourth-order valence-corrected chi connectivity index (χ4v) is 5.48. The van der Waals surface area contributed by atoms with Crippen LogP contribution in [0, 0.1) is 11.7 Å². The molecular weight excluding hydrogens is 443 g/mol. The van der Waals surface area contributed by atoms with Crippen molar-refractivity contribution in [2.45, 2.75) is 37.5 Å². The molecule has 1 aliphatic rings. The fourth-order valence-electron chi connectivity index (χ4n) is 3.59. The topological polar surface area (TPSA) is 75.7 Å². The van der Waals surface area contributed by atoms with Gasteiger partial charge in [0, 0.05) is 18.8 Å². The van der Waals surface area contributed by atoms with Crippen LogP contribution in [0.25, 0.3) is 0 Å². The van der Waals surface area contributed by atoms with Gasteiger partial charge in [0.1, 0.15) is 16.5 Å². The molecule has 1 N–H and O–H groups in total. The number of carbonyl (C=O) groups is 1. The highest BCUT2D eigenvalue weighted by Crippen LogP contribution is 2.32. The predicted molar refractivity (Wildman–Crippen MR) is 119 cm³/mol. The normalized spacial score (nSPS) is 17.5. The molecule has 0 aliphatic carbocycles. The molecule has 9 heteroatoms. The van der Waals surface area contributed by atoms with Crippen molar-refractivity contribution in [3.05, 3.63) is 52.8 Å². The Balaban J connectivity index is 1.81. The molecule has 0 aromatic heterocycles. The van der Waals surface area contributed by atoms with Crippen LogP contribution in [0.1, 0.15) is 38.2 Å². The van der Waals surface area contributed by atoms with Crippen molar-refractivity contribution in [3.63, 3.8) is 0 Å². The van der Waals surface area contributed by atoms with E-state index in [2.05, 4.69) is 5.32 Å². The SMILES string of the molecule is COc1ccc(C(C)C)cc1S(=O)(=O)N1CCC[C@@H](C(=O)Nc2ccc(F)c(Cl)c2)C1. The maximum atomic E-state index is 13.4. The molecule has 0 saturated carbocycles. The van der Waals surface area contributed by atoms with Gasteiger partial charge in [-0.1, -0.05) is 31.5 Å². The van der Waals surface area contributed by atoms with Gasteiger partial charge < -0.3 is 10.1 Å². The Kier molecular flexibility index (Phi) is 7.24. The van der Waals surface area contributed by atoms with Crippen LogP contribution in [-0.4, -0.2) is 38.8 Å². The Bertz CT molecular complexity index is 1080. The average Bonchev–Trinajstić information content (AvgIpc) is 2.75. The number of ether oxygens (including phenoxy) is 1. The summed E-state index contributed by atoms with van der Waals surface area (Å²) in [4.78, 5) is 12.8. The standard InChI is InChI=1S/C22H26ClFN2O4S/c1-14(2)15-6-9-20(30-3)21(11-15)31(28,29)26-10-4-5-16(13-26)22(27)25-17-7-8-19(24)18(23)12-17/h6-9,11-12,14,16H,4-5,10,13H2,1-3H3,(H,25,27)/t16-/m1/s1. The second kappa shape index (κ2) is 9.54. The summed E-state index contributed by atoms with van der Waals surface area (Å²) in [6.07, 6.45) is 1.10. The number of hydrogen-bond acceptors (Lipinski definition) is 4. The molecule has 0 spiro atoms. The molecule has 168 valence electrons. The molecule has 1 saturated heterocycles. The van der Waals surface area contributed by atoms with Crippen molar-refractivity contribution >= 4 is 33.2 Å². The van der Waals surface area contributed by atoms with Gasteiger partial charge in [-0.05, 0) is 54.7 Å². The zero-order valence-corrected chi connectivity index (χ0v) is 19.3. The van der Waals surface area contributed by atoms with Gasteiger partial charge >= 0.3 is 0 Å². The summed E-state index contributed by atoms with van der Waals surface area (Å²) in [6.45, 7) is 4.35. The number of carbonyl (C=O) groups excluding carboxylic acids is 1. The van der Waals surface area contributed by atoms with Gasteiger partial charge in [-0.15, -0.1) is 0 Å². The monoisotopic (exact) mass is 468 g/mol. The molecule has 6 nitrogen and oxygen atoms in total. The Morgan fingerprint density at radius 2 is 2.00 bits per heavy atom. The largest absolute Gasteiger partial charge is 0.495 e. The first kappa shape index (κ1) is 23.5. The van der Waals surface area contributed by atoms with Gasteiger partial charge in [-0.25, -0.2) is 12.8 Å². The lowest BCUT2D eigenvalue weighted by atomic mass is 9.99. The molecular formula is C22H26ClFN2O4S. The van der Waals surface area contributed by atoms with Crippen LogP contribution in [0.4, 0.5) is 10.1 Å². The van der Waals surface area contributed by atoms with Crippen molar-refractivity contribution in [2.24, 2.45) is 5.92 Å². The highest BCUT2D eigenvalue weighted by Gasteiger charge is 2.35. The second-order valence-electron chi connectivity index (χ2n) is 7.89. The maximum absolute atomic E-state index is 13.4. The van der Waals surface area contributed by atoms with Crippen LogP contribution < -0.4 is 10.1 Å². The smallest absolute Gasteiger partial charge is 0.246 e. The molecule has 2 aromatic rings. The quantitative estimate of drug-likeness (QED) is 0.669. The fraction of sp³-hybridized carbons (Fsp3) is 0.409. The minimum Gasteiger partial charge on any atom is -0.495 e. The molecule has 2 aromatic carbocycles. The molecule has 1 atom stereocenters. The van der Waals surface area contributed by atoms with Crippen molar-refractivity contribution in [3.8, 4) is 5.75 Å². The lowest BCUT2D eigenvalue weighted by molar-refractivity contribution is -0.120. The van der Waals surface area contributed by atoms with Gasteiger partial charge in [0.25, 0.3) is 0 Å². The molecule has 0 bridgehead atoms. The van der Waals surface area contributed by atoms with E-state index in [-0.39, 0.29) is 34.0 Å². The number of nitrogens with one attached hydrogen (secondary N) is 1. The van der Waals surface area contributed by atoms with E-state index in [9.17, 15) is 17.6 Å². The van der Waals surface area contributed by atoms with E-state index in [0.717, 1.165) is 5.56 Å². The van der Waals surface area contributed by atoms with Crippen molar-refractivity contribution in [2.75, 3.05) is 25.5 Å². The minimum atomic E-state index is -3.85. The van der Waals surface area contributed by atoms with Crippen LogP contribution >= 0.6 is 11.6 Å². The molecule has 31 heavy (non-hydrogen) atoms. The summed E-state index contributed by atoms with van der Waals surface area (Å²) in [6, 6.07) is 9.07. The van der Waals surface area contributed by atoms with E-state index in [4.69, 9.17) is 16.3 Å². The number of rotatable bonds is 6. The Hall–Kier alpha value is -2.16. The number of methoxy groups -OCH3 is 1. The van der Waals surface area contributed by atoms with Gasteiger partial charge in [0.05, 0.1) is 18.1 Å². The van der Waals surface area contributed by atoms with Crippen LogP contribution in [0.5, 0.6) is 5.75 Å². The number of benzene rings is 2. The van der Waals surface area contributed by atoms with E-state index < -0.39 is 21.8 Å². The maximum Gasteiger partial charge on any atom is 0.246 e. The van der Waals surface area contributed by atoms with E-state index in [1.54, 1.807) is 12.1 Å². The van der Waals surface area contributed by atoms with Gasteiger partial charge in [-0.2, -0.15) is 4.31 Å². The number of sulfonamides is 1. The summed E-state index contributed by atoms with van der Waals surface area (Å²) < 4.78 is 46.8. The Labute approximate surface area is 187 Å². The number of amides is 1. The molecule has 1 heterocycles. The van der Waals surface area contributed by atoms with Crippen LogP contribution in [-0.2, 0) is 14.8 Å². The Morgan fingerprint density at radius 3 is 2.65 bits per heavy atom. The first-order valence-corrected chi connectivity index (χ1v) is 11.9. The minimum absolute atomic E-state index is 0.0537. The zero-order chi connectivity index (χ0) is 22.8. The van der Waals surface area contributed by atoms with Crippen molar-refractivity contribution < 1.29 is 22.3 Å². The van der Waals surface area contributed by atoms with Crippen LogP contribution in [0.2, 0.25) is 5.02 Å². The third-order valence-electron chi connectivity index (χ3n) is 5.41. The molecule has 1 fully saturated rings. The third kappa shape index (κ3) is 5.19.